The Balaban J connectivity index is 3.34. The number of ketones is 1. The summed E-state index contributed by atoms with van der Waals surface area (Å²) in [5, 5.41) is 7.59. The fourth-order valence-corrected chi connectivity index (χ4v) is 1.03. The minimum absolute atomic E-state index is 0.459. The van der Waals surface area contributed by atoms with Gasteiger partial charge in [0.25, 0.3) is 5.78 Å². The standard InChI is InChI=1S/C8H3ClF2O3/c9-6-4(7(12)8(13)14)1-3(10)2-5(6)11/h1-2H,(H,13,14). The van der Waals surface area contributed by atoms with Gasteiger partial charge in [0.2, 0.25) is 0 Å². The van der Waals surface area contributed by atoms with E-state index in [0.717, 1.165) is 0 Å². The fourth-order valence-electron chi connectivity index (χ4n) is 0.836. The van der Waals surface area contributed by atoms with Crippen LogP contribution in [0.3, 0.4) is 0 Å². The van der Waals surface area contributed by atoms with Crippen LogP contribution in [0.25, 0.3) is 0 Å². The lowest BCUT2D eigenvalue weighted by atomic mass is 10.1. The Hall–Kier alpha value is -1.49. The number of aliphatic carboxylic acids is 1. The molecule has 0 radical (unpaired) electrons. The maximum atomic E-state index is 12.7. The Labute approximate surface area is 81.9 Å². The van der Waals surface area contributed by atoms with Crippen LogP contribution in [0.15, 0.2) is 12.1 Å². The summed E-state index contributed by atoms with van der Waals surface area (Å²) in [5.74, 6) is -5.50. The van der Waals surface area contributed by atoms with E-state index in [-0.39, 0.29) is 0 Å². The van der Waals surface area contributed by atoms with Gasteiger partial charge in [0.1, 0.15) is 11.6 Å². The van der Waals surface area contributed by atoms with Crippen molar-refractivity contribution in [3.05, 3.63) is 34.4 Å². The van der Waals surface area contributed by atoms with E-state index in [1.165, 1.54) is 0 Å². The summed E-state index contributed by atoms with van der Waals surface area (Å²) in [4.78, 5) is 21.1. The van der Waals surface area contributed by atoms with Crippen molar-refractivity contribution < 1.29 is 23.5 Å². The van der Waals surface area contributed by atoms with Crippen molar-refractivity contribution in [2.75, 3.05) is 0 Å². The molecule has 0 aliphatic heterocycles. The van der Waals surface area contributed by atoms with E-state index >= 15 is 0 Å². The number of halogens is 3. The third kappa shape index (κ3) is 1.88. The number of carboxylic acid groups (broad SMARTS) is 1. The second kappa shape index (κ2) is 3.71. The van der Waals surface area contributed by atoms with Crippen molar-refractivity contribution in [3.63, 3.8) is 0 Å². The highest BCUT2D eigenvalue weighted by Gasteiger charge is 2.21. The molecule has 1 rings (SSSR count). The summed E-state index contributed by atoms with van der Waals surface area (Å²) >= 11 is 5.28. The van der Waals surface area contributed by atoms with Crippen LogP contribution in [0.2, 0.25) is 5.02 Å². The zero-order chi connectivity index (χ0) is 10.9. The Morgan fingerprint density at radius 3 is 2.36 bits per heavy atom. The van der Waals surface area contributed by atoms with Crippen LogP contribution in [-0.2, 0) is 4.79 Å². The summed E-state index contributed by atoms with van der Waals surface area (Å²) in [6, 6.07) is 1.03. The molecule has 1 aromatic rings. The molecule has 0 aromatic heterocycles. The lowest BCUT2D eigenvalue weighted by molar-refractivity contribution is -0.131. The van der Waals surface area contributed by atoms with Crippen LogP contribution in [0.4, 0.5) is 8.78 Å². The molecule has 1 N–H and O–H groups in total. The predicted molar refractivity (Wildman–Crippen MR) is 43.3 cm³/mol. The molecule has 0 spiro atoms. The van der Waals surface area contributed by atoms with Crippen LogP contribution >= 0.6 is 11.6 Å². The summed E-state index contributed by atoms with van der Waals surface area (Å²) in [7, 11) is 0. The first-order valence-corrected chi connectivity index (χ1v) is 3.73. The van der Waals surface area contributed by atoms with Crippen molar-refractivity contribution >= 4 is 23.4 Å². The number of rotatable bonds is 2. The van der Waals surface area contributed by atoms with Gasteiger partial charge in [-0.05, 0) is 6.07 Å². The summed E-state index contributed by atoms with van der Waals surface area (Å²) in [6.45, 7) is 0. The monoisotopic (exact) mass is 220 g/mol. The molecule has 6 heteroatoms. The zero-order valence-corrected chi connectivity index (χ0v) is 7.31. The average Bonchev–Trinajstić information content (AvgIpc) is 2.09. The Morgan fingerprint density at radius 2 is 1.86 bits per heavy atom. The van der Waals surface area contributed by atoms with Gasteiger partial charge in [-0.15, -0.1) is 0 Å². The van der Waals surface area contributed by atoms with Gasteiger partial charge in [-0.25, -0.2) is 13.6 Å². The first kappa shape index (κ1) is 10.6. The highest BCUT2D eigenvalue weighted by molar-refractivity contribution is 6.45. The van der Waals surface area contributed by atoms with Gasteiger partial charge in [0.05, 0.1) is 10.6 Å². The zero-order valence-electron chi connectivity index (χ0n) is 6.55. The number of carboxylic acids is 1. The molecule has 0 fully saturated rings. The summed E-state index contributed by atoms with van der Waals surface area (Å²) < 4.78 is 25.3. The van der Waals surface area contributed by atoms with Crippen LogP contribution in [0, 0.1) is 11.6 Å². The van der Waals surface area contributed by atoms with Gasteiger partial charge in [-0.2, -0.15) is 0 Å². The normalized spacial score (nSPS) is 9.93. The van der Waals surface area contributed by atoms with E-state index in [9.17, 15) is 18.4 Å². The van der Waals surface area contributed by atoms with Crippen molar-refractivity contribution in [3.8, 4) is 0 Å². The van der Waals surface area contributed by atoms with E-state index in [4.69, 9.17) is 16.7 Å². The number of carbonyl (C=O) groups excluding carboxylic acids is 1. The lowest BCUT2D eigenvalue weighted by Gasteiger charge is -2.01. The topological polar surface area (TPSA) is 54.4 Å². The van der Waals surface area contributed by atoms with Gasteiger partial charge in [-0.3, -0.25) is 4.79 Å². The van der Waals surface area contributed by atoms with E-state index in [0.29, 0.717) is 12.1 Å². The maximum Gasteiger partial charge on any atom is 0.377 e. The molecule has 0 unspecified atom stereocenters. The van der Waals surface area contributed by atoms with E-state index < -0.39 is 34.0 Å². The molecule has 3 nitrogen and oxygen atoms in total. The number of hydrogen-bond acceptors (Lipinski definition) is 2. The molecule has 74 valence electrons. The minimum Gasteiger partial charge on any atom is -0.475 e. The Kier molecular flexibility index (Phi) is 2.81. The van der Waals surface area contributed by atoms with Gasteiger partial charge in [0.15, 0.2) is 0 Å². The molecule has 0 saturated heterocycles. The SMILES string of the molecule is O=C(O)C(=O)c1cc(F)cc(F)c1Cl. The third-order valence-electron chi connectivity index (χ3n) is 1.43. The predicted octanol–water partition coefficient (Wildman–Crippen LogP) is 1.89. The van der Waals surface area contributed by atoms with Gasteiger partial charge >= 0.3 is 5.97 Å². The van der Waals surface area contributed by atoms with Crippen molar-refractivity contribution in [2.24, 2.45) is 0 Å². The van der Waals surface area contributed by atoms with Crippen molar-refractivity contribution in [2.45, 2.75) is 0 Å². The van der Waals surface area contributed by atoms with Crippen molar-refractivity contribution in [1.29, 1.82) is 0 Å². The van der Waals surface area contributed by atoms with E-state index in [1.807, 2.05) is 0 Å². The minimum atomic E-state index is -1.82. The van der Waals surface area contributed by atoms with Crippen molar-refractivity contribution in [1.82, 2.24) is 0 Å². The third-order valence-corrected chi connectivity index (χ3v) is 1.82. The molecular formula is C8H3ClF2O3. The molecule has 0 atom stereocenters. The van der Waals surface area contributed by atoms with E-state index in [2.05, 4.69) is 0 Å². The van der Waals surface area contributed by atoms with Gasteiger partial charge in [-0.1, -0.05) is 11.6 Å². The number of hydrogen-bond donors (Lipinski definition) is 1. The molecule has 0 saturated carbocycles. The quantitative estimate of drug-likeness (QED) is 0.470. The molecular weight excluding hydrogens is 218 g/mol. The molecule has 0 amide bonds. The van der Waals surface area contributed by atoms with Crippen LogP contribution in [-0.4, -0.2) is 16.9 Å². The van der Waals surface area contributed by atoms with Gasteiger partial charge in [0, 0.05) is 6.07 Å². The first-order chi connectivity index (χ1) is 6.43. The Morgan fingerprint density at radius 1 is 1.29 bits per heavy atom. The average molecular weight is 221 g/mol. The maximum absolute atomic E-state index is 12.7. The highest BCUT2D eigenvalue weighted by Crippen LogP contribution is 2.21. The first-order valence-electron chi connectivity index (χ1n) is 3.35. The molecule has 0 aliphatic rings. The molecule has 0 aliphatic carbocycles. The molecule has 0 heterocycles. The van der Waals surface area contributed by atoms with Gasteiger partial charge < -0.3 is 5.11 Å². The number of benzene rings is 1. The molecule has 0 bridgehead atoms. The highest BCUT2D eigenvalue weighted by atomic mass is 35.5. The van der Waals surface area contributed by atoms with Crippen LogP contribution in [0.1, 0.15) is 10.4 Å². The smallest absolute Gasteiger partial charge is 0.377 e. The second-order valence-electron chi connectivity index (χ2n) is 2.38. The van der Waals surface area contributed by atoms with Crippen LogP contribution in [0.5, 0.6) is 0 Å². The number of carbonyl (C=O) groups is 2. The molecule has 14 heavy (non-hydrogen) atoms. The Bertz CT molecular complexity index is 417. The molecule has 1 aromatic carbocycles. The second-order valence-corrected chi connectivity index (χ2v) is 2.76. The summed E-state index contributed by atoms with van der Waals surface area (Å²) in [5.41, 5.74) is -0.698. The van der Waals surface area contributed by atoms with E-state index in [1.54, 1.807) is 0 Å². The fraction of sp³-hybridized carbons (Fsp3) is 0. The number of Topliss-reactive ketones (excluding diaryl/α,β-unsaturated/α-hetero) is 1. The largest absolute Gasteiger partial charge is 0.475 e. The van der Waals surface area contributed by atoms with Crippen LogP contribution < -0.4 is 0 Å². The summed E-state index contributed by atoms with van der Waals surface area (Å²) in [6.07, 6.45) is 0. The lowest BCUT2D eigenvalue weighted by Crippen LogP contribution is -2.14.